The Morgan fingerprint density at radius 2 is 1.84 bits per heavy atom. The van der Waals surface area contributed by atoms with Gasteiger partial charge in [-0.1, -0.05) is 32.9 Å². The molecule has 3 heteroatoms. The molecule has 2 rings (SSSR count). The van der Waals surface area contributed by atoms with Gasteiger partial charge in [0, 0.05) is 37.8 Å². The van der Waals surface area contributed by atoms with Crippen molar-refractivity contribution in [1.29, 1.82) is 0 Å². The topological polar surface area (TPSA) is 35.5 Å². The molecule has 19 heavy (non-hydrogen) atoms. The lowest BCUT2D eigenvalue weighted by atomic mass is 9.85. The summed E-state index contributed by atoms with van der Waals surface area (Å²) in [5.41, 5.74) is 2.45. The van der Waals surface area contributed by atoms with Crippen LogP contribution in [0.2, 0.25) is 0 Å². The van der Waals surface area contributed by atoms with Crippen molar-refractivity contribution >= 4 is 0 Å². The summed E-state index contributed by atoms with van der Waals surface area (Å²) in [6.07, 6.45) is 0. The van der Waals surface area contributed by atoms with E-state index in [9.17, 15) is 5.11 Å². The van der Waals surface area contributed by atoms with Crippen molar-refractivity contribution < 1.29 is 5.11 Å². The molecule has 1 aliphatic heterocycles. The van der Waals surface area contributed by atoms with Crippen LogP contribution in [0.15, 0.2) is 18.2 Å². The van der Waals surface area contributed by atoms with Crippen molar-refractivity contribution in [2.24, 2.45) is 0 Å². The molecule has 1 aliphatic rings. The zero-order chi connectivity index (χ0) is 14.0. The highest BCUT2D eigenvalue weighted by Gasteiger charge is 2.22. The van der Waals surface area contributed by atoms with E-state index in [1.807, 2.05) is 12.1 Å². The first-order valence-corrected chi connectivity index (χ1v) is 7.18. The van der Waals surface area contributed by atoms with E-state index in [4.69, 9.17) is 0 Å². The maximum Gasteiger partial charge on any atom is 0.120 e. The first kappa shape index (κ1) is 14.4. The molecule has 1 saturated heterocycles. The van der Waals surface area contributed by atoms with Gasteiger partial charge in [-0.25, -0.2) is 0 Å². The van der Waals surface area contributed by atoms with Crippen LogP contribution in [0.4, 0.5) is 0 Å². The molecule has 1 heterocycles. The summed E-state index contributed by atoms with van der Waals surface area (Å²) in [5, 5.41) is 13.5. The third-order valence-electron chi connectivity index (χ3n) is 4.04. The van der Waals surface area contributed by atoms with Crippen LogP contribution in [0.3, 0.4) is 0 Å². The predicted octanol–water partition coefficient (Wildman–Crippen LogP) is 2.66. The van der Waals surface area contributed by atoms with Crippen LogP contribution in [-0.2, 0) is 5.41 Å². The number of phenols is 1. The number of rotatable bonds is 2. The maximum absolute atomic E-state index is 10.2. The molecule has 0 bridgehead atoms. The third kappa shape index (κ3) is 3.28. The van der Waals surface area contributed by atoms with Gasteiger partial charge in [0.25, 0.3) is 0 Å². The minimum atomic E-state index is 0.117. The van der Waals surface area contributed by atoms with Crippen molar-refractivity contribution in [3.05, 3.63) is 29.3 Å². The Morgan fingerprint density at radius 1 is 1.21 bits per heavy atom. The van der Waals surface area contributed by atoms with Gasteiger partial charge in [-0.15, -0.1) is 0 Å². The lowest BCUT2D eigenvalue weighted by Crippen LogP contribution is -2.44. The third-order valence-corrected chi connectivity index (χ3v) is 4.04. The number of nitrogens with one attached hydrogen (secondary N) is 1. The van der Waals surface area contributed by atoms with Crippen molar-refractivity contribution in [3.8, 4) is 5.75 Å². The molecule has 0 saturated carbocycles. The quantitative estimate of drug-likeness (QED) is 0.860. The van der Waals surface area contributed by atoms with E-state index >= 15 is 0 Å². The van der Waals surface area contributed by atoms with Gasteiger partial charge in [0.1, 0.15) is 5.75 Å². The SMILES string of the molecule is CC(c1cc(C(C)(C)C)ccc1O)N1CCNCC1. The van der Waals surface area contributed by atoms with Gasteiger partial charge in [-0.05, 0) is 24.0 Å². The maximum atomic E-state index is 10.2. The van der Waals surface area contributed by atoms with Crippen LogP contribution in [0, 0.1) is 0 Å². The molecule has 1 aromatic rings. The molecule has 2 N–H and O–H groups in total. The highest BCUT2D eigenvalue weighted by molar-refractivity contribution is 5.40. The number of nitrogens with zero attached hydrogens (tertiary/aromatic N) is 1. The molecule has 3 nitrogen and oxygen atoms in total. The van der Waals surface area contributed by atoms with E-state index in [2.05, 4.69) is 44.0 Å². The Labute approximate surface area is 116 Å². The summed E-state index contributed by atoms with van der Waals surface area (Å²) < 4.78 is 0. The number of benzene rings is 1. The summed E-state index contributed by atoms with van der Waals surface area (Å²) in [6.45, 7) is 13.0. The molecule has 0 radical (unpaired) electrons. The largest absolute Gasteiger partial charge is 0.508 e. The van der Waals surface area contributed by atoms with Gasteiger partial charge in [-0.2, -0.15) is 0 Å². The lowest BCUT2D eigenvalue weighted by molar-refractivity contribution is 0.183. The average Bonchev–Trinajstić information content (AvgIpc) is 2.38. The zero-order valence-corrected chi connectivity index (χ0v) is 12.5. The van der Waals surface area contributed by atoms with Gasteiger partial charge in [0.2, 0.25) is 0 Å². The van der Waals surface area contributed by atoms with Crippen LogP contribution < -0.4 is 5.32 Å². The second kappa shape index (κ2) is 5.51. The van der Waals surface area contributed by atoms with Gasteiger partial charge in [0.15, 0.2) is 0 Å². The molecule has 106 valence electrons. The molecule has 1 fully saturated rings. The van der Waals surface area contributed by atoms with E-state index in [0.717, 1.165) is 31.7 Å². The van der Waals surface area contributed by atoms with Crippen LogP contribution in [0.5, 0.6) is 5.75 Å². The summed E-state index contributed by atoms with van der Waals surface area (Å²) in [4.78, 5) is 2.43. The number of piperazine rings is 1. The fourth-order valence-electron chi connectivity index (χ4n) is 2.62. The van der Waals surface area contributed by atoms with E-state index < -0.39 is 0 Å². The van der Waals surface area contributed by atoms with E-state index in [1.54, 1.807) is 0 Å². The van der Waals surface area contributed by atoms with Gasteiger partial charge < -0.3 is 10.4 Å². The first-order chi connectivity index (χ1) is 8.89. The Kier molecular flexibility index (Phi) is 4.16. The molecule has 0 aliphatic carbocycles. The number of phenolic OH excluding ortho intramolecular Hbond substituents is 1. The normalized spacial score (nSPS) is 19.4. The second-order valence-electron chi connectivity index (χ2n) is 6.49. The summed E-state index contributed by atoms with van der Waals surface area (Å²) in [5.74, 6) is 0.416. The second-order valence-corrected chi connectivity index (χ2v) is 6.49. The molecular formula is C16H26N2O. The molecule has 0 amide bonds. The van der Waals surface area contributed by atoms with Gasteiger partial charge >= 0.3 is 0 Å². The Balaban J connectivity index is 2.27. The fraction of sp³-hybridized carbons (Fsp3) is 0.625. The smallest absolute Gasteiger partial charge is 0.120 e. The summed E-state index contributed by atoms with van der Waals surface area (Å²) in [6, 6.07) is 6.31. The Hall–Kier alpha value is -1.06. The fourth-order valence-corrected chi connectivity index (χ4v) is 2.62. The average molecular weight is 262 g/mol. The molecular weight excluding hydrogens is 236 g/mol. The molecule has 0 spiro atoms. The highest BCUT2D eigenvalue weighted by atomic mass is 16.3. The van der Waals surface area contributed by atoms with Crippen LogP contribution in [0.1, 0.15) is 44.9 Å². The zero-order valence-electron chi connectivity index (χ0n) is 12.5. The molecule has 1 unspecified atom stereocenters. The first-order valence-electron chi connectivity index (χ1n) is 7.18. The van der Waals surface area contributed by atoms with E-state index in [1.165, 1.54) is 5.56 Å². The van der Waals surface area contributed by atoms with Crippen molar-refractivity contribution in [2.45, 2.75) is 39.2 Å². The monoisotopic (exact) mass is 262 g/mol. The summed E-state index contributed by atoms with van der Waals surface area (Å²) in [7, 11) is 0. The molecule has 1 atom stereocenters. The van der Waals surface area contributed by atoms with Gasteiger partial charge in [0.05, 0.1) is 0 Å². The highest BCUT2D eigenvalue weighted by Crippen LogP contribution is 2.33. The lowest BCUT2D eigenvalue weighted by Gasteiger charge is -2.34. The van der Waals surface area contributed by atoms with Crippen molar-refractivity contribution in [1.82, 2.24) is 10.2 Å². The number of hydrogen-bond acceptors (Lipinski definition) is 3. The van der Waals surface area contributed by atoms with Gasteiger partial charge in [-0.3, -0.25) is 4.90 Å². The minimum absolute atomic E-state index is 0.117. The van der Waals surface area contributed by atoms with Crippen LogP contribution in [0.25, 0.3) is 0 Å². The van der Waals surface area contributed by atoms with Crippen LogP contribution >= 0.6 is 0 Å². The summed E-state index contributed by atoms with van der Waals surface area (Å²) >= 11 is 0. The Bertz CT molecular complexity index is 431. The number of hydrogen-bond donors (Lipinski definition) is 2. The molecule has 1 aromatic carbocycles. The van der Waals surface area contributed by atoms with Crippen molar-refractivity contribution in [3.63, 3.8) is 0 Å². The van der Waals surface area contributed by atoms with Crippen molar-refractivity contribution in [2.75, 3.05) is 26.2 Å². The Morgan fingerprint density at radius 3 is 2.42 bits per heavy atom. The number of aromatic hydroxyl groups is 1. The molecule has 0 aromatic heterocycles. The minimum Gasteiger partial charge on any atom is -0.508 e. The van der Waals surface area contributed by atoms with Crippen LogP contribution in [-0.4, -0.2) is 36.2 Å². The van der Waals surface area contributed by atoms with E-state index in [-0.39, 0.29) is 11.5 Å². The predicted molar refractivity (Wildman–Crippen MR) is 79.7 cm³/mol. The standard InChI is InChI=1S/C16H26N2O/c1-12(18-9-7-17-8-10-18)14-11-13(16(2,3)4)5-6-15(14)19/h5-6,11-12,17,19H,7-10H2,1-4H3. The van der Waals surface area contributed by atoms with E-state index in [0.29, 0.717) is 5.75 Å².